The van der Waals surface area contributed by atoms with Crippen LogP contribution < -0.4 is 0 Å². The van der Waals surface area contributed by atoms with Crippen molar-refractivity contribution in [3.8, 4) is 0 Å². The summed E-state index contributed by atoms with van der Waals surface area (Å²) in [6.07, 6.45) is 6.44. The second kappa shape index (κ2) is 4.29. The summed E-state index contributed by atoms with van der Waals surface area (Å²) in [6.45, 7) is 2.15. The van der Waals surface area contributed by atoms with Gasteiger partial charge in [-0.2, -0.15) is 0 Å². The summed E-state index contributed by atoms with van der Waals surface area (Å²) in [7, 11) is 1.44. The third kappa shape index (κ3) is 2.10. The first kappa shape index (κ1) is 9.30. The predicted octanol–water partition coefficient (Wildman–Crippen LogP) is 2.30. The van der Waals surface area contributed by atoms with Crippen LogP contribution in [0.5, 0.6) is 0 Å². The molecule has 1 rings (SSSR count). The average molecular weight is 168 g/mol. The van der Waals surface area contributed by atoms with Crippen LogP contribution in [-0.2, 0) is 9.53 Å². The van der Waals surface area contributed by atoms with E-state index >= 15 is 0 Å². The summed E-state index contributed by atoms with van der Waals surface area (Å²) in [5.74, 6) is 0.445. The van der Waals surface area contributed by atoms with Gasteiger partial charge in [0.15, 0.2) is 0 Å². The van der Waals surface area contributed by atoms with E-state index in [1.54, 1.807) is 0 Å². The molecule has 0 N–H and O–H groups in total. The monoisotopic (exact) mass is 168 g/mol. The van der Waals surface area contributed by atoms with Crippen LogP contribution >= 0.6 is 0 Å². The standard InChI is InChI=1S/C10H16O2/c1-3-8-5-4-6-9(7-8)10(11)12-2/h7-8H,3-6H2,1-2H3. The molecule has 0 amide bonds. The number of ether oxygens (including phenoxy) is 1. The SMILES string of the molecule is CCC1C=C(C(=O)OC)CCC1. The Kier molecular flexibility index (Phi) is 3.32. The fourth-order valence-corrected chi connectivity index (χ4v) is 1.63. The molecule has 0 saturated carbocycles. The van der Waals surface area contributed by atoms with E-state index in [-0.39, 0.29) is 5.97 Å². The third-order valence-corrected chi connectivity index (χ3v) is 2.43. The van der Waals surface area contributed by atoms with Crippen LogP contribution in [0.2, 0.25) is 0 Å². The smallest absolute Gasteiger partial charge is 0.333 e. The second-order valence-electron chi connectivity index (χ2n) is 3.24. The first-order valence-electron chi connectivity index (χ1n) is 4.57. The highest BCUT2D eigenvalue weighted by Gasteiger charge is 2.17. The number of rotatable bonds is 2. The van der Waals surface area contributed by atoms with Crippen molar-refractivity contribution in [3.05, 3.63) is 11.6 Å². The first-order chi connectivity index (χ1) is 5.77. The maximum Gasteiger partial charge on any atom is 0.333 e. The Hall–Kier alpha value is -0.790. The van der Waals surface area contributed by atoms with Crippen LogP contribution in [-0.4, -0.2) is 13.1 Å². The molecule has 1 unspecified atom stereocenters. The van der Waals surface area contributed by atoms with E-state index in [1.165, 1.54) is 13.5 Å². The Morgan fingerprint density at radius 1 is 1.75 bits per heavy atom. The quantitative estimate of drug-likeness (QED) is 0.591. The fourth-order valence-electron chi connectivity index (χ4n) is 1.63. The van der Waals surface area contributed by atoms with Crippen molar-refractivity contribution in [2.45, 2.75) is 32.6 Å². The number of carbonyl (C=O) groups is 1. The minimum atomic E-state index is -0.145. The van der Waals surface area contributed by atoms with Crippen molar-refractivity contribution < 1.29 is 9.53 Å². The zero-order valence-corrected chi connectivity index (χ0v) is 7.80. The van der Waals surface area contributed by atoms with E-state index < -0.39 is 0 Å². The summed E-state index contributed by atoms with van der Waals surface area (Å²) in [4.78, 5) is 11.1. The number of carbonyl (C=O) groups excluding carboxylic acids is 1. The van der Waals surface area contributed by atoms with Gasteiger partial charge in [0.25, 0.3) is 0 Å². The molecule has 1 aliphatic rings. The van der Waals surface area contributed by atoms with Crippen LogP contribution in [0, 0.1) is 5.92 Å². The van der Waals surface area contributed by atoms with Crippen molar-refractivity contribution in [3.63, 3.8) is 0 Å². The molecule has 0 aliphatic heterocycles. The number of hydrogen-bond donors (Lipinski definition) is 0. The Labute approximate surface area is 73.6 Å². The van der Waals surface area contributed by atoms with Crippen LogP contribution in [0.4, 0.5) is 0 Å². The summed E-state index contributed by atoms with van der Waals surface area (Å²) in [6, 6.07) is 0. The van der Waals surface area contributed by atoms with Gasteiger partial charge >= 0.3 is 5.97 Å². The maximum atomic E-state index is 11.1. The van der Waals surface area contributed by atoms with E-state index in [0.29, 0.717) is 5.92 Å². The van der Waals surface area contributed by atoms with Crippen LogP contribution in [0.1, 0.15) is 32.6 Å². The lowest BCUT2D eigenvalue weighted by molar-refractivity contribution is -0.136. The van der Waals surface area contributed by atoms with Gasteiger partial charge in [-0.3, -0.25) is 0 Å². The van der Waals surface area contributed by atoms with Crippen molar-refractivity contribution >= 4 is 5.97 Å². The van der Waals surface area contributed by atoms with Gasteiger partial charge in [-0.25, -0.2) is 4.79 Å². The van der Waals surface area contributed by atoms with E-state index in [4.69, 9.17) is 0 Å². The first-order valence-corrected chi connectivity index (χ1v) is 4.57. The van der Waals surface area contributed by atoms with E-state index in [2.05, 4.69) is 17.7 Å². The van der Waals surface area contributed by atoms with Crippen LogP contribution in [0.25, 0.3) is 0 Å². The van der Waals surface area contributed by atoms with Gasteiger partial charge in [0.1, 0.15) is 0 Å². The Bertz CT molecular complexity index is 194. The van der Waals surface area contributed by atoms with Gasteiger partial charge in [-0.05, 0) is 31.6 Å². The molecule has 0 fully saturated rings. The van der Waals surface area contributed by atoms with Gasteiger partial charge in [-0.1, -0.05) is 13.0 Å². The van der Waals surface area contributed by atoms with Crippen molar-refractivity contribution in [1.82, 2.24) is 0 Å². The molecule has 0 aromatic carbocycles. The molecule has 0 spiro atoms. The molecule has 0 radical (unpaired) electrons. The number of hydrogen-bond acceptors (Lipinski definition) is 2. The lowest BCUT2D eigenvalue weighted by atomic mass is 9.89. The van der Waals surface area contributed by atoms with Gasteiger partial charge in [0, 0.05) is 5.57 Å². The highest BCUT2D eigenvalue weighted by atomic mass is 16.5. The lowest BCUT2D eigenvalue weighted by Crippen LogP contribution is -2.11. The average Bonchev–Trinajstić information content (AvgIpc) is 2.17. The number of methoxy groups -OCH3 is 1. The summed E-state index contributed by atoms with van der Waals surface area (Å²) < 4.78 is 4.68. The highest BCUT2D eigenvalue weighted by Crippen LogP contribution is 2.25. The van der Waals surface area contributed by atoms with E-state index in [1.807, 2.05) is 0 Å². The molecule has 2 heteroatoms. The van der Waals surface area contributed by atoms with Gasteiger partial charge in [0.2, 0.25) is 0 Å². The molecule has 0 aromatic heterocycles. The Balaban J connectivity index is 2.63. The third-order valence-electron chi connectivity index (χ3n) is 2.43. The highest BCUT2D eigenvalue weighted by molar-refractivity contribution is 5.88. The number of allylic oxidation sites excluding steroid dienone is 1. The molecule has 2 nitrogen and oxygen atoms in total. The maximum absolute atomic E-state index is 11.1. The molecule has 0 heterocycles. The fraction of sp³-hybridized carbons (Fsp3) is 0.700. The number of esters is 1. The molecule has 0 saturated heterocycles. The summed E-state index contributed by atoms with van der Waals surface area (Å²) >= 11 is 0. The second-order valence-corrected chi connectivity index (χ2v) is 3.24. The minimum Gasteiger partial charge on any atom is -0.466 e. The minimum absolute atomic E-state index is 0.145. The van der Waals surface area contributed by atoms with Crippen molar-refractivity contribution in [2.75, 3.05) is 7.11 Å². The van der Waals surface area contributed by atoms with Crippen LogP contribution in [0.15, 0.2) is 11.6 Å². The van der Waals surface area contributed by atoms with Gasteiger partial charge in [-0.15, -0.1) is 0 Å². The van der Waals surface area contributed by atoms with Crippen molar-refractivity contribution in [1.29, 1.82) is 0 Å². The largest absolute Gasteiger partial charge is 0.466 e. The molecule has 1 aliphatic carbocycles. The van der Waals surface area contributed by atoms with Crippen molar-refractivity contribution in [2.24, 2.45) is 5.92 Å². The molecule has 1 atom stereocenters. The zero-order chi connectivity index (χ0) is 8.97. The molecule has 0 bridgehead atoms. The Morgan fingerprint density at radius 2 is 2.50 bits per heavy atom. The molecular weight excluding hydrogens is 152 g/mol. The molecule has 12 heavy (non-hydrogen) atoms. The predicted molar refractivity (Wildman–Crippen MR) is 47.7 cm³/mol. The Morgan fingerprint density at radius 3 is 3.08 bits per heavy atom. The van der Waals surface area contributed by atoms with Crippen LogP contribution in [0.3, 0.4) is 0 Å². The summed E-state index contributed by atoms with van der Waals surface area (Å²) in [5, 5.41) is 0. The normalized spacial score (nSPS) is 23.2. The zero-order valence-electron chi connectivity index (χ0n) is 7.80. The van der Waals surface area contributed by atoms with E-state index in [9.17, 15) is 4.79 Å². The molecule has 0 aromatic rings. The van der Waals surface area contributed by atoms with Gasteiger partial charge < -0.3 is 4.74 Å². The molecular formula is C10H16O2. The topological polar surface area (TPSA) is 26.3 Å². The molecule has 68 valence electrons. The lowest BCUT2D eigenvalue weighted by Gasteiger charge is -2.17. The van der Waals surface area contributed by atoms with Gasteiger partial charge in [0.05, 0.1) is 7.11 Å². The van der Waals surface area contributed by atoms with E-state index in [0.717, 1.165) is 24.8 Å². The summed E-state index contributed by atoms with van der Waals surface area (Å²) in [5.41, 5.74) is 0.871.